The van der Waals surface area contributed by atoms with E-state index in [1.54, 1.807) is 25.6 Å². The van der Waals surface area contributed by atoms with Crippen LogP contribution in [0.15, 0.2) is 29.8 Å². The molecule has 18 heavy (non-hydrogen) atoms. The topological polar surface area (TPSA) is 43.4 Å². The number of methoxy groups -OCH3 is 2. The van der Waals surface area contributed by atoms with E-state index in [2.05, 4.69) is 10.3 Å². The van der Waals surface area contributed by atoms with Crippen molar-refractivity contribution in [3.05, 3.63) is 34.8 Å². The number of anilines is 1. The predicted molar refractivity (Wildman–Crippen MR) is 73.9 cm³/mol. The first-order chi connectivity index (χ1) is 8.83. The van der Waals surface area contributed by atoms with Crippen LogP contribution >= 0.6 is 11.3 Å². The zero-order valence-electron chi connectivity index (χ0n) is 10.5. The number of rotatable bonds is 6. The standard InChI is InChI=1S/C13H16N2O2S/c1-16-10-3-4-12(17-2)11(9-10)14-6-5-13-15-7-8-18-13/h3-4,7-9,14H,5-6H2,1-2H3. The number of thiazole rings is 1. The Hall–Kier alpha value is -1.75. The number of ether oxygens (including phenoxy) is 2. The molecule has 1 aromatic heterocycles. The molecule has 0 saturated heterocycles. The molecule has 1 N–H and O–H groups in total. The van der Waals surface area contributed by atoms with Crippen LogP contribution in [-0.4, -0.2) is 25.7 Å². The van der Waals surface area contributed by atoms with Crippen LogP contribution in [0.4, 0.5) is 5.69 Å². The summed E-state index contributed by atoms with van der Waals surface area (Å²) in [5.74, 6) is 1.63. The fraction of sp³-hybridized carbons (Fsp3) is 0.308. The zero-order valence-corrected chi connectivity index (χ0v) is 11.3. The number of benzene rings is 1. The lowest BCUT2D eigenvalue weighted by molar-refractivity contribution is 0.404. The molecule has 2 aromatic rings. The van der Waals surface area contributed by atoms with E-state index in [1.165, 1.54) is 0 Å². The van der Waals surface area contributed by atoms with Crippen LogP contribution in [0.3, 0.4) is 0 Å². The Morgan fingerprint density at radius 2 is 2.17 bits per heavy atom. The van der Waals surface area contributed by atoms with Crippen molar-refractivity contribution >= 4 is 17.0 Å². The van der Waals surface area contributed by atoms with Gasteiger partial charge in [-0.1, -0.05) is 0 Å². The Kier molecular flexibility index (Phi) is 4.41. The summed E-state index contributed by atoms with van der Waals surface area (Å²) in [6.45, 7) is 0.817. The van der Waals surface area contributed by atoms with E-state index < -0.39 is 0 Å². The van der Waals surface area contributed by atoms with Gasteiger partial charge in [0, 0.05) is 30.6 Å². The predicted octanol–water partition coefficient (Wildman–Crippen LogP) is 2.81. The van der Waals surface area contributed by atoms with Gasteiger partial charge in [0.05, 0.1) is 24.9 Å². The van der Waals surface area contributed by atoms with Crippen molar-refractivity contribution in [2.75, 3.05) is 26.1 Å². The van der Waals surface area contributed by atoms with Crippen molar-refractivity contribution in [3.8, 4) is 11.5 Å². The molecule has 0 saturated carbocycles. The molecular weight excluding hydrogens is 248 g/mol. The fourth-order valence-corrected chi connectivity index (χ4v) is 2.25. The monoisotopic (exact) mass is 264 g/mol. The van der Waals surface area contributed by atoms with Crippen molar-refractivity contribution in [1.29, 1.82) is 0 Å². The van der Waals surface area contributed by atoms with Gasteiger partial charge in [-0.05, 0) is 12.1 Å². The molecule has 0 aliphatic heterocycles. The van der Waals surface area contributed by atoms with Crippen molar-refractivity contribution in [2.45, 2.75) is 6.42 Å². The second-order valence-corrected chi connectivity index (χ2v) is 4.65. The molecule has 0 bridgehead atoms. The summed E-state index contributed by atoms with van der Waals surface area (Å²) in [5, 5.41) is 6.46. The average molecular weight is 264 g/mol. The van der Waals surface area contributed by atoms with E-state index >= 15 is 0 Å². The highest BCUT2D eigenvalue weighted by atomic mass is 32.1. The minimum absolute atomic E-state index is 0.813. The molecule has 0 fully saturated rings. The lowest BCUT2D eigenvalue weighted by atomic mass is 10.2. The molecule has 1 heterocycles. The van der Waals surface area contributed by atoms with Gasteiger partial charge in [-0.2, -0.15) is 0 Å². The summed E-state index contributed by atoms with van der Waals surface area (Å²) in [6, 6.07) is 5.70. The molecule has 0 unspecified atom stereocenters. The Bertz CT molecular complexity index is 486. The van der Waals surface area contributed by atoms with Crippen LogP contribution < -0.4 is 14.8 Å². The largest absolute Gasteiger partial charge is 0.497 e. The highest BCUT2D eigenvalue weighted by Gasteiger charge is 2.04. The number of nitrogens with one attached hydrogen (secondary N) is 1. The van der Waals surface area contributed by atoms with Gasteiger partial charge in [0.1, 0.15) is 11.5 Å². The van der Waals surface area contributed by atoms with Crippen molar-refractivity contribution in [3.63, 3.8) is 0 Å². The van der Waals surface area contributed by atoms with Gasteiger partial charge >= 0.3 is 0 Å². The molecule has 4 nitrogen and oxygen atoms in total. The van der Waals surface area contributed by atoms with Crippen LogP contribution in [0.25, 0.3) is 0 Å². The van der Waals surface area contributed by atoms with Crippen molar-refractivity contribution in [1.82, 2.24) is 4.98 Å². The average Bonchev–Trinajstić information content (AvgIpc) is 2.92. The molecule has 0 atom stereocenters. The van der Waals surface area contributed by atoms with Crippen LogP contribution in [-0.2, 0) is 6.42 Å². The summed E-state index contributed by atoms with van der Waals surface area (Å²) in [5.41, 5.74) is 0.938. The highest BCUT2D eigenvalue weighted by molar-refractivity contribution is 7.09. The van der Waals surface area contributed by atoms with E-state index in [-0.39, 0.29) is 0 Å². The summed E-state index contributed by atoms with van der Waals surface area (Å²) in [7, 11) is 3.31. The highest BCUT2D eigenvalue weighted by Crippen LogP contribution is 2.28. The number of hydrogen-bond donors (Lipinski definition) is 1. The van der Waals surface area contributed by atoms with Crippen LogP contribution in [0.5, 0.6) is 11.5 Å². The second-order valence-electron chi connectivity index (χ2n) is 3.67. The molecule has 0 radical (unpaired) electrons. The molecule has 0 amide bonds. The number of hydrogen-bond acceptors (Lipinski definition) is 5. The first-order valence-electron chi connectivity index (χ1n) is 5.67. The van der Waals surface area contributed by atoms with E-state index in [4.69, 9.17) is 9.47 Å². The van der Waals surface area contributed by atoms with Crippen LogP contribution in [0, 0.1) is 0 Å². The van der Waals surface area contributed by atoms with E-state index in [0.29, 0.717) is 0 Å². The molecule has 0 aliphatic carbocycles. The maximum absolute atomic E-state index is 5.30. The number of nitrogens with zero attached hydrogens (tertiary/aromatic N) is 1. The molecule has 5 heteroatoms. The maximum Gasteiger partial charge on any atom is 0.142 e. The number of aromatic nitrogens is 1. The van der Waals surface area contributed by atoms with E-state index in [9.17, 15) is 0 Å². The first kappa shape index (κ1) is 12.7. The third-order valence-corrected chi connectivity index (χ3v) is 3.38. The summed E-state index contributed by atoms with van der Waals surface area (Å²) < 4.78 is 10.5. The second kappa shape index (κ2) is 6.26. The summed E-state index contributed by atoms with van der Waals surface area (Å²) >= 11 is 1.67. The van der Waals surface area contributed by atoms with Gasteiger partial charge in [0.15, 0.2) is 0 Å². The fourth-order valence-electron chi connectivity index (χ4n) is 1.63. The zero-order chi connectivity index (χ0) is 12.8. The lowest BCUT2D eigenvalue weighted by Crippen LogP contribution is -2.06. The van der Waals surface area contributed by atoms with Gasteiger partial charge < -0.3 is 14.8 Å². The van der Waals surface area contributed by atoms with Gasteiger partial charge in [-0.15, -0.1) is 11.3 Å². The summed E-state index contributed by atoms with van der Waals surface area (Å²) in [4.78, 5) is 4.25. The third kappa shape index (κ3) is 3.13. The van der Waals surface area contributed by atoms with Crippen molar-refractivity contribution in [2.24, 2.45) is 0 Å². The molecule has 0 spiro atoms. The van der Waals surface area contributed by atoms with Crippen molar-refractivity contribution < 1.29 is 9.47 Å². The Morgan fingerprint density at radius 1 is 1.28 bits per heavy atom. The Balaban J connectivity index is 1.98. The van der Waals surface area contributed by atoms with Crippen LogP contribution in [0.2, 0.25) is 0 Å². The smallest absolute Gasteiger partial charge is 0.142 e. The minimum Gasteiger partial charge on any atom is -0.497 e. The van der Waals surface area contributed by atoms with E-state index in [0.717, 1.165) is 35.2 Å². The Labute approximate surface area is 111 Å². The van der Waals surface area contributed by atoms with Gasteiger partial charge in [0.25, 0.3) is 0 Å². The lowest BCUT2D eigenvalue weighted by Gasteiger charge is -2.12. The van der Waals surface area contributed by atoms with Gasteiger partial charge in [-0.25, -0.2) is 4.98 Å². The molecule has 96 valence electrons. The minimum atomic E-state index is 0.813. The molecule has 1 aromatic carbocycles. The summed E-state index contributed by atoms with van der Waals surface area (Å²) in [6.07, 6.45) is 2.73. The SMILES string of the molecule is COc1ccc(OC)c(NCCc2nccs2)c1. The van der Waals surface area contributed by atoms with Gasteiger partial charge in [-0.3, -0.25) is 0 Å². The quantitative estimate of drug-likeness (QED) is 0.871. The molecule has 0 aliphatic rings. The first-order valence-corrected chi connectivity index (χ1v) is 6.55. The van der Waals surface area contributed by atoms with E-state index in [1.807, 2.05) is 29.8 Å². The third-order valence-electron chi connectivity index (χ3n) is 2.54. The normalized spacial score (nSPS) is 10.1. The molecule has 2 rings (SSSR count). The molecular formula is C13H16N2O2S. The van der Waals surface area contributed by atoms with Crippen LogP contribution in [0.1, 0.15) is 5.01 Å². The Morgan fingerprint density at radius 3 is 2.83 bits per heavy atom. The van der Waals surface area contributed by atoms with Gasteiger partial charge in [0.2, 0.25) is 0 Å². The maximum atomic E-state index is 5.30.